The fourth-order valence-electron chi connectivity index (χ4n) is 2.80. The maximum Gasteiger partial charge on any atom is 0.237 e. The molecule has 5 heteroatoms. The average molecular weight is 339 g/mol. The highest BCUT2D eigenvalue weighted by molar-refractivity contribution is 6.34. The van der Waals surface area contributed by atoms with E-state index in [1.54, 1.807) is 6.07 Å². The Kier molecular flexibility index (Phi) is 6.57. The van der Waals surface area contributed by atoms with Crippen LogP contribution in [0.4, 0.5) is 0 Å². The normalized spacial score (nSPS) is 18.7. The van der Waals surface area contributed by atoms with Gasteiger partial charge in [0.05, 0.1) is 12.6 Å². The monoisotopic (exact) mass is 338 g/mol. The van der Waals surface area contributed by atoms with Gasteiger partial charge in [-0.25, -0.2) is 0 Å². The van der Waals surface area contributed by atoms with Crippen molar-refractivity contribution in [3.8, 4) is 12.3 Å². The number of hydrogen-bond donors (Lipinski definition) is 1. The summed E-state index contributed by atoms with van der Waals surface area (Å²) in [5, 5.41) is 4.22. The Balaban J connectivity index is 1.85. The van der Waals surface area contributed by atoms with Crippen molar-refractivity contribution in [3.05, 3.63) is 33.8 Å². The van der Waals surface area contributed by atoms with Gasteiger partial charge in [0, 0.05) is 16.6 Å². The Morgan fingerprint density at radius 2 is 2.05 bits per heavy atom. The van der Waals surface area contributed by atoms with Crippen LogP contribution >= 0.6 is 23.2 Å². The van der Waals surface area contributed by atoms with Crippen molar-refractivity contribution in [2.24, 2.45) is 0 Å². The van der Waals surface area contributed by atoms with E-state index in [2.05, 4.69) is 16.1 Å². The number of hydrogen-bond acceptors (Lipinski definition) is 2. The van der Waals surface area contributed by atoms with E-state index in [9.17, 15) is 4.79 Å². The fourth-order valence-corrected chi connectivity index (χ4v) is 3.37. The Morgan fingerprint density at radius 3 is 2.73 bits per heavy atom. The molecule has 0 bridgehead atoms. The molecule has 22 heavy (non-hydrogen) atoms. The van der Waals surface area contributed by atoms with Crippen LogP contribution in [0.3, 0.4) is 0 Å². The molecule has 1 aromatic carbocycles. The zero-order valence-corrected chi connectivity index (χ0v) is 14.0. The lowest BCUT2D eigenvalue weighted by Crippen LogP contribution is -2.49. The third-order valence-corrected chi connectivity index (χ3v) is 4.28. The molecule has 1 amide bonds. The van der Waals surface area contributed by atoms with E-state index in [0.29, 0.717) is 29.6 Å². The van der Waals surface area contributed by atoms with Gasteiger partial charge in [-0.3, -0.25) is 9.69 Å². The maximum atomic E-state index is 12.3. The first-order valence-electron chi connectivity index (χ1n) is 7.50. The van der Waals surface area contributed by atoms with E-state index in [1.807, 2.05) is 12.1 Å². The van der Waals surface area contributed by atoms with Crippen molar-refractivity contribution in [2.45, 2.75) is 31.7 Å². The molecular formula is C17H20Cl2N2O. The number of halogens is 2. The predicted molar refractivity (Wildman–Crippen MR) is 91.2 cm³/mol. The summed E-state index contributed by atoms with van der Waals surface area (Å²) in [6.45, 7) is 1.99. The van der Waals surface area contributed by atoms with Crippen LogP contribution in [0.25, 0.3) is 0 Å². The molecule has 0 aromatic heterocycles. The van der Waals surface area contributed by atoms with Crippen molar-refractivity contribution >= 4 is 29.1 Å². The maximum absolute atomic E-state index is 12.3. The highest BCUT2D eigenvalue weighted by Gasteiger charge is 2.27. The molecular weight excluding hydrogens is 319 g/mol. The first-order valence-corrected chi connectivity index (χ1v) is 8.26. The van der Waals surface area contributed by atoms with Crippen molar-refractivity contribution in [1.29, 1.82) is 0 Å². The molecule has 2 rings (SSSR count). The number of carbonyl (C=O) groups is 1. The molecule has 1 heterocycles. The van der Waals surface area contributed by atoms with Gasteiger partial charge in [0.15, 0.2) is 0 Å². The molecule has 0 radical (unpaired) electrons. The van der Waals surface area contributed by atoms with Crippen LogP contribution in [0.15, 0.2) is 18.2 Å². The molecule has 1 saturated heterocycles. The summed E-state index contributed by atoms with van der Waals surface area (Å²) in [5.74, 6) is 2.69. The summed E-state index contributed by atoms with van der Waals surface area (Å²) in [7, 11) is 0. The lowest BCUT2D eigenvalue weighted by Gasteiger charge is -2.33. The smallest absolute Gasteiger partial charge is 0.237 e. The predicted octanol–water partition coefficient (Wildman–Crippen LogP) is 3.14. The van der Waals surface area contributed by atoms with Crippen LogP contribution in [0, 0.1) is 12.3 Å². The topological polar surface area (TPSA) is 32.3 Å². The van der Waals surface area contributed by atoms with Crippen molar-refractivity contribution in [3.63, 3.8) is 0 Å². The number of nitrogens with one attached hydrogen (secondary N) is 1. The summed E-state index contributed by atoms with van der Waals surface area (Å²) in [6.07, 6.45) is 9.13. The second kappa shape index (κ2) is 8.43. The molecule has 1 aliphatic rings. The Hall–Kier alpha value is -1.21. The SMILES string of the molecule is C#CCN1CCCCC1C(=O)NCCc1cc(Cl)cc(Cl)c1. The number of piperidine rings is 1. The van der Waals surface area contributed by atoms with Crippen LogP contribution in [-0.4, -0.2) is 36.5 Å². The first kappa shape index (κ1) is 17.1. The Labute approximate surface area is 142 Å². The van der Waals surface area contributed by atoms with Gasteiger partial charge in [0.2, 0.25) is 5.91 Å². The average Bonchev–Trinajstić information content (AvgIpc) is 2.47. The number of benzene rings is 1. The third-order valence-electron chi connectivity index (χ3n) is 3.85. The minimum atomic E-state index is -0.104. The lowest BCUT2D eigenvalue weighted by atomic mass is 10.0. The van der Waals surface area contributed by atoms with E-state index >= 15 is 0 Å². The van der Waals surface area contributed by atoms with Crippen molar-refractivity contribution in [1.82, 2.24) is 10.2 Å². The standard InChI is InChI=1S/C17H20Cl2N2O/c1-2-8-21-9-4-3-5-16(21)17(22)20-7-6-13-10-14(18)12-15(19)11-13/h1,10-12,16H,3-9H2,(H,20,22). The molecule has 1 aromatic rings. The number of carbonyl (C=O) groups excluding carboxylic acids is 1. The second-order valence-electron chi connectivity index (χ2n) is 5.50. The van der Waals surface area contributed by atoms with Gasteiger partial charge in [0.1, 0.15) is 0 Å². The highest BCUT2D eigenvalue weighted by atomic mass is 35.5. The molecule has 1 unspecified atom stereocenters. The highest BCUT2D eigenvalue weighted by Crippen LogP contribution is 2.19. The number of amides is 1. The van der Waals surface area contributed by atoms with Crippen molar-refractivity contribution < 1.29 is 4.79 Å². The molecule has 0 saturated carbocycles. The second-order valence-corrected chi connectivity index (χ2v) is 6.38. The largest absolute Gasteiger partial charge is 0.354 e. The summed E-state index contributed by atoms with van der Waals surface area (Å²) in [6, 6.07) is 5.33. The van der Waals surface area contributed by atoms with Crippen molar-refractivity contribution in [2.75, 3.05) is 19.6 Å². The molecule has 1 N–H and O–H groups in total. The minimum Gasteiger partial charge on any atom is -0.354 e. The third kappa shape index (κ3) is 4.91. The molecule has 0 spiro atoms. The quantitative estimate of drug-likeness (QED) is 0.836. The Bertz CT molecular complexity index is 548. The van der Waals surface area contributed by atoms with Crippen LogP contribution in [0.5, 0.6) is 0 Å². The zero-order chi connectivity index (χ0) is 15.9. The first-order chi connectivity index (χ1) is 10.6. The summed E-state index contributed by atoms with van der Waals surface area (Å²) >= 11 is 11.9. The van der Waals surface area contributed by atoms with Crippen LogP contribution < -0.4 is 5.32 Å². The molecule has 3 nitrogen and oxygen atoms in total. The van der Waals surface area contributed by atoms with Gasteiger partial charge in [-0.15, -0.1) is 6.42 Å². The molecule has 1 fully saturated rings. The van der Waals surface area contributed by atoms with Gasteiger partial charge < -0.3 is 5.32 Å². The lowest BCUT2D eigenvalue weighted by molar-refractivity contribution is -0.127. The van der Waals surface area contributed by atoms with E-state index < -0.39 is 0 Å². The van der Waals surface area contributed by atoms with E-state index in [1.165, 1.54) is 0 Å². The molecule has 1 aliphatic heterocycles. The van der Waals surface area contributed by atoms with E-state index in [0.717, 1.165) is 31.4 Å². The van der Waals surface area contributed by atoms with Crippen LogP contribution in [0.2, 0.25) is 10.0 Å². The number of terminal acetylenes is 1. The number of nitrogens with zero attached hydrogens (tertiary/aromatic N) is 1. The molecule has 1 atom stereocenters. The van der Waals surface area contributed by atoms with Crippen LogP contribution in [0.1, 0.15) is 24.8 Å². The van der Waals surface area contributed by atoms with Gasteiger partial charge in [-0.2, -0.15) is 0 Å². The summed E-state index contributed by atoms with van der Waals surface area (Å²) < 4.78 is 0. The molecule has 0 aliphatic carbocycles. The van der Waals surface area contributed by atoms with E-state index in [-0.39, 0.29) is 11.9 Å². The van der Waals surface area contributed by atoms with E-state index in [4.69, 9.17) is 29.6 Å². The van der Waals surface area contributed by atoms with Gasteiger partial charge in [-0.1, -0.05) is 35.5 Å². The van der Waals surface area contributed by atoms with Gasteiger partial charge in [-0.05, 0) is 49.6 Å². The summed E-state index contributed by atoms with van der Waals surface area (Å²) in [5.41, 5.74) is 1.02. The van der Waals surface area contributed by atoms with Gasteiger partial charge in [0.25, 0.3) is 0 Å². The van der Waals surface area contributed by atoms with Crippen LogP contribution in [-0.2, 0) is 11.2 Å². The summed E-state index contributed by atoms with van der Waals surface area (Å²) in [4.78, 5) is 14.4. The molecule has 118 valence electrons. The van der Waals surface area contributed by atoms with Gasteiger partial charge >= 0.3 is 0 Å². The number of rotatable bonds is 5. The zero-order valence-electron chi connectivity index (χ0n) is 12.4. The minimum absolute atomic E-state index is 0.0584. The fraction of sp³-hybridized carbons (Fsp3) is 0.471. The number of likely N-dealkylation sites (tertiary alicyclic amines) is 1. The Morgan fingerprint density at radius 1 is 1.32 bits per heavy atom.